The third-order valence-electron chi connectivity index (χ3n) is 6.21. The van der Waals surface area contributed by atoms with Crippen molar-refractivity contribution in [2.75, 3.05) is 13.3 Å². The van der Waals surface area contributed by atoms with Gasteiger partial charge in [0.15, 0.2) is 7.37 Å². The number of carbonyl (C=O) groups excluding carboxylic acids is 2. The minimum atomic E-state index is -2.64. The van der Waals surface area contributed by atoms with E-state index in [1.165, 1.54) is 37.6 Å². The highest BCUT2D eigenvalue weighted by Crippen LogP contribution is 2.27. The molecule has 0 atom stereocenters. The van der Waals surface area contributed by atoms with Crippen molar-refractivity contribution in [2.24, 2.45) is 0 Å². The number of hydrogen-bond donors (Lipinski definition) is 4. The van der Waals surface area contributed by atoms with E-state index in [4.69, 9.17) is 29.7 Å². The molecule has 0 aliphatic heterocycles. The summed E-state index contributed by atoms with van der Waals surface area (Å²) >= 11 is 0. The predicted octanol–water partition coefficient (Wildman–Crippen LogP) is 7.18. The zero-order valence-electron chi connectivity index (χ0n) is 28.0. The fraction of sp³-hybridized carbons (Fsp3) is 0.128. The van der Waals surface area contributed by atoms with Crippen LogP contribution in [-0.2, 0) is 33.9 Å². The first-order chi connectivity index (χ1) is 24.3. The van der Waals surface area contributed by atoms with E-state index in [0.717, 1.165) is 16.7 Å². The molecule has 0 amide bonds. The van der Waals surface area contributed by atoms with E-state index in [0.29, 0.717) is 0 Å². The summed E-state index contributed by atoms with van der Waals surface area (Å²) in [5, 5.41) is 25.6. The molecule has 0 saturated heterocycles. The minimum Gasteiger partial charge on any atom is -0.478 e. The molecule has 0 spiro atoms. The first-order valence-corrected chi connectivity index (χ1v) is 17.8. The largest absolute Gasteiger partial charge is 0.478 e. The van der Waals surface area contributed by atoms with Gasteiger partial charge in [-0.25, -0.2) is 19.2 Å². The second kappa shape index (κ2) is 22.0. The quantitative estimate of drug-likeness (QED) is 0.0896. The molecule has 5 aromatic rings. The van der Waals surface area contributed by atoms with E-state index >= 15 is 0 Å². The Balaban J connectivity index is 0.000000295. The van der Waals surface area contributed by atoms with Gasteiger partial charge in [0.2, 0.25) is 0 Å². The van der Waals surface area contributed by atoms with Crippen LogP contribution in [0.4, 0.5) is 0 Å². The van der Waals surface area contributed by atoms with E-state index in [1.54, 1.807) is 24.3 Å². The molecule has 0 bridgehead atoms. The predicted molar refractivity (Wildman–Crippen MR) is 192 cm³/mol. The Labute approximate surface area is 295 Å². The maximum atomic E-state index is 12.4. The van der Waals surface area contributed by atoms with Gasteiger partial charge < -0.3 is 29.7 Å². The molecule has 0 radical (unpaired) electrons. The lowest BCUT2D eigenvalue weighted by Crippen LogP contribution is -2.14. The second-order valence-corrected chi connectivity index (χ2v) is 13.4. The minimum absolute atomic E-state index is 0.140. The highest BCUT2D eigenvalue weighted by molar-refractivity contribution is 7.56. The van der Waals surface area contributed by atoms with Crippen LogP contribution in [0.2, 0.25) is 0 Å². The van der Waals surface area contributed by atoms with Gasteiger partial charge in [-0.15, -0.1) is 0 Å². The van der Waals surface area contributed by atoms with Gasteiger partial charge in [-0.1, -0.05) is 115 Å². The molecule has 12 heteroatoms. The number of carboxylic acid groups (broad SMARTS) is 2. The van der Waals surface area contributed by atoms with Crippen LogP contribution < -0.4 is 0 Å². The third kappa shape index (κ3) is 16.9. The lowest BCUT2D eigenvalue weighted by atomic mass is 10.1. The first-order valence-electron chi connectivity index (χ1n) is 15.3. The molecule has 0 aromatic heterocycles. The van der Waals surface area contributed by atoms with Crippen molar-refractivity contribution in [1.82, 2.24) is 0 Å². The van der Waals surface area contributed by atoms with Crippen molar-refractivity contribution in [3.63, 3.8) is 0 Å². The van der Waals surface area contributed by atoms with Gasteiger partial charge in [0.1, 0.15) is 13.2 Å². The number of aliphatic hydroxyl groups excluding tert-OH is 1. The summed E-state index contributed by atoms with van der Waals surface area (Å²) in [6.45, 7) is 3.03. The summed E-state index contributed by atoms with van der Waals surface area (Å²) in [6, 6.07) is 40.2. The number of ether oxygens (including phenoxy) is 2. The average molecular weight is 715 g/mol. The maximum absolute atomic E-state index is 12.4. The molecule has 0 saturated carbocycles. The summed E-state index contributed by atoms with van der Waals surface area (Å²) < 4.78 is 20.4. The highest BCUT2D eigenvalue weighted by atomic mass is 31.2. The van der Waals surface area contributed by atoms with Gasteiger partial charge in [0.05, 0.1) is 28.9 Å². The van der Waals surface area contributed by atoms with Crippen molar-refractivity contribution in [3.8, 4) is 0 Å². The van der Waals surface area contributed by atoms with Gasteiger partial charge in [0.25, 0.3) is 0 Å². The standard InChI is InChI=1S/C22H18O4.C8H6O4.C7H8O.C2H7O2P/c23-21(25-15-17-9-3-1-4-10-17)19-13-7-8-14-20(19)22(24)26-16-18-11-5-2-6-12-18;9-7(10)5-3-1-2-4-6(5)8(11)12;8-6-7-4-2-1-3-5-7;1-5(2,3)4/h1-14H,15-16H2;1-4H,(H,9,10)(H,11,12);1-5,8H,6H2;1-2H3,(H,3,4). The van der Waals surface area contributed by atoms with Crippen molar-refractivity contribution in [2.45, 2.75) is 19.8 Å². The van der Waals surface area contributed by atoms with Gasteiger partial charge in [-0.2, -0.15) is 0 Å². The van der Waals surface area contributed by atoms with Crippen molar-refractivity contribution >= 4 is 31.2 Å². The molecular weight excluding hydrogens is 675 g/mol. The van der Waals surface area contributed by atoms with Gasteiger partial charge in [-0.3, -0.25) is 4.57 Å². The van der Waals surface area contributed by atoms with Crippen LogP contribution in [0.25, 0.3) is 0 Å². The van der Waals surface area contributed by atoms with Crippen LogP contribution in [0, 0.1) is 0 Å². The summed E-state index contributed by atoms with van der Waals surface area (Å²) in [5.41, 5.74) is 2.74. The average Bonchev–Trinajstić information content (AvgIpc) is 3.14. The fourth-order valence-corrected chi connectivity index (χ4v) is 3.88. The monoisotopic (exact) mass is 714 g/mol. The third-order valence-corrected chi connectivity index (χ3v) is 6.21. The van der Waals surface area contributed by atoms with Crippen molar-refractivity contribution < 1.29 is 53.4 Å². The Bertz CT molecular complexity index is 1760. The number of rotatable bonds is 9. The van der Waals surface area contributed by atoms with Crippen LogP contribution in [0.5, 0.6) is 0 Å². The normalized spacial score (nSPS) is 9.96. The zero-order valence-corrected chi connectivity index (χ0v) is 28.9. The summed E-state index contributed by atoms with van der Waals surface area (Å²) in [7, 11) is -2.64. The van der Waals surface area contributed by atoms with Crippen LogP contribution in [0.15, 0.2) is 140 Å². The Kier molecular flexibility index (Phi) is 17.8. The molecule has 0 unspecified atom stereocenters. The van der Waals surface area contributed by atoms with Gasteiger partial charge in [-0.05, 0) is 41.0 Å². The number of aromatic carboxylic acids is 2. The molecule has 51 heavy (non-hydrogen) atoms. The van der Waals surface area contributed by atoms with Crippen LogP contribution >= 0.6 is 7.37 Å². The molecule has 0 aliphatic carbocycles. The molecule has 0 aliphatic rings. The molecule has 266 valence electrons. The number of benzene rings is 5. The molecule has 11 nitrogen and oxygen atoms in total. The van der Waals surface area contributed by atoms with E-state index in [2.05, 4.69) is 0 Å². The van der Waals surface area contributed by atoms with E-state index < -0.39 is 31.2 Å². The topological polar surface area (TPSA) is 185 Å². The Hall–Kier alpha value is -5.87. The molecular formula is C39H39O11P. The maximum Gasteiger partial charge on any atom is 0.339 e. The summed E-state index contributed by atoms with van der Waals surface area (Å²) in [4.78, 5) is 53.8. The van der Waals surface area contributed by atoms with E-state index in [9.17, 15) is 23.7 Å². The van der Waals surface area contributed by atoms with E-state index in [1.807, 2.05) is 91.0 Å². The Morgan fingerprint density at radius 1 is 0.490 bits per heavy atom. The molecule has 0 fully saturated rings. The molecule has 5 aromatic carbocycles. The van der Waals surface area contributed by atoms with Crippen LogP contribution in [0.3, 0.4) is 0 Å². The summed E-state index contributed by atoms with van der Waals surface area (Å²) in [5.74, 6) is -3.57. The lowest BCUT2D eigenvalue weighted by molar-refractivity contribution is 0.0425. The van der Waals surface area contributed by atoms with Gasteiger partial charge in [0, 0.05) is 13.3 Å². The van der Waals surface area contributed by atoms with Crippen LogP contribution in [0.1, 0.15) is 58.1 Å². The molecule has 5 rings (SSSR count). The van der Waals surface area contributed by atoms with E-state index in [-0.39, 0.29) is 42.1 Å². The number of hydrogen-bond acceptors (Lipinski definition) is 8. The smallest absolute Gasteiger partial charge is 0.339 e. The number of carbonyl (C=O) groups is 4. The Morgan fingerprint density at radius 3 is 1.00 bits per heavy atom. The molecule has 4 N–H and O–H groups in total. The lowest BCUT2D eigenvalue weighted by Gasteiger charge is -2.10. The van der Waals surface area contributed by atoms with Crippen molar-refractivity contribution in [3.05, 3.63) is 178 Å². The number of aliphatic hydroxyl groups is 1. The zero-order chi connectivity index (χ0) is 37.6. The number of esters is 2. The number of carboxylic acids is 2. The highest BCUT2D eigenvalue weighted by Gasteiger charge is 2.19. The fourth-order valence-electron chi connectivity index (χ4n) is 3.88. The molecule has 0 heterocycles. The van der Waals surface area contributed by atoms with Crippen molar-refractivity contribution in [1.29, 1.82) is 0 Å². The SMILES string of the molecule is CP(C)(=O)O.O=C(O)c1ccccc1C(=O)O.O=C(OCc1ccccc1)c1ccccc1C(=O)OCc1ccccc1.OCc1ccccc1. The first kappa shape index (κ1) is 41.3. The van der Waals surface area contributed by atoms with Gasteiger partial charge >= 0.3 is 23.9 Å². The summed E-state index contributed by atoms with van der Waals surface area (Å²) in [6.07, 6.45) is 0. The Morgan fingerprint density at radius 2 is 0.745 bits per heavy atom. The second-order valence-electron chi connectivity index (χ2n) is 10.8. The van der Waals surface area contributed by atoms with Crippen LogP contribution in [-0.4, -0.2) is 57.4 Å².